The molecule has 24 heavy (non-hydrogen) atoms. The summed E-state index contributed by atoms with van der Waals surface area (Å²) >= 11 is 0. The Morgan fingerprint density at radius 2 is 1.79 bits per heavy atom. The van der Waals surface area contributed by atoms with Gasteiger partial charge < -0.3 is 0 Å². The molecule has 124 valence electrons. The highest BCUT2D eigenvalue weighted by Gasteiger charge is 2.25. The van der Waals surface area contributed by atoms with Gasteiger partial charge in [0.15, 0.2) is 5.82 Å². The summed E-state index contributed by atoms with van der Waals surface area (Å²) in [6.07, 6.45) is 1.64. The Hall–Kier alpha value is -2.54. The summed E-state index contributed by atoms with van der Waals surface area (Å²) in [4.78, 5) is 4.23. The van der Waals surface area contributed by atoms with Crippen LogP contribution in [0, 0.1) is 6.92 Å². The Morgan fingerprint density at radius 3 is 2.42 bits per heavy atom. The van der Waals surface area contributed by atoms with Crippen molar-refractivity contribution in [2.24, 2.45) is 0 Å². The van der Waals surface area contributed by atoms with Gasteiger partial charge in [0.2, 0.25) is 15.0 Å². The maximum atomic E-state index is 12.8. The minimum atomic E-state index is -3.59. The van der Waals surface area contributed by atoms with Crippen molar-refractivity contribution in [1.82, 2.24) is 19.7 Å². The van der Waals surface area contributed by atoms with Crippen LogP contribution in [0.1, 0.15) is 18.1 Å². The largest absolute Gasteiger partial charge is 0.297 e. The van der Waals surface area contributed by atoms with Crippen molar-refractivity contribution in [1.29, 1.82) is 0 Å². The summed E-state index contributed by atoms with van der Waals surface area (Å²) in [5.74, 6) is 0.355. The normalized spacial score (nSPS) is 11.6. The third-order valence-electron chi connectivity index (χ3n) is 3.68. The summed E-state index contributed by atoms with van der Waals surface area (Å²) in [5.41, 5.74) is 2.42. The molecule has 0 saturated carbocycles. The minimum Gasteiger partial charge on any atom is -0.297 e. The molecule has 0 bridgehead atoms. The molecule has 2 aromatic heterocycles. The van der Waals surface area contributed by atoms with Crippen LogP contribution in [-0.4, -0.2) is 28.2 Å². The SMILES string of the molecule is CCn1c(-c2ccccn2)nnc1S(=O)(=O)Cc1ccc(C)cc1. The number of aromatic nitrogens is 4. The van der Waals surface area contributed by atoms with Crippen LogP contribution in [0.4, 0.5) is 0 Å². The van der Waals surface area contributed by atoms with E-state index in [2.05, 4.69) is 15.2 Å². The fourth-order valence-electron chi connectivity index (χ4n) is 2.46. The fourth-order valence-corrected chi connectivity index (χ4v) is 3.93. The molecule has 0 radical (unpaired) electrons. The van der Waals surface area contributed by atoms with Crippen molar-refractivity contribution in [3.05, 3.63) is 59.8 Å². The van der Waals surface area contributed by atoms with Crippen molar-refractivity contribution < 1.29 is 8.42 Å². The standard InChI is InChI=1S/C17H18N4O2S/c1-3-21-16(15-6-4-5-11-18-15)19-20-17(21)24(22,23)12-14-9-7-13(2)8-10-14/h4-11H,3,12H2,1-2H3. The topological polar surface area (TPSA) is 77.7 Å². The predicted octanol–water partition coefficient (Wildman–Crippen LogP) is 2.64. The van der Waals surface area contributed by atoms with Crippen LogP contribution >= 0.6 is 0 Å². The van der Waals surface area contributed by atoms with Crippen molar-refractivity contribution in [3.8, 4) is 11.5 Å². The molecular weight excluding hydrogens is 324 g/mol. The van der Waals surface area contributed by atoms with Crippen molar-refractivity contribution in [2.75, 3.05) is 0 Å². The molecule has 6 nitrogen and oxygen atoms in total. The highest BCUT2D eigenvalue weighted by Crippen LogP contribution is 2.21. The van der Waals surface area contributed by atoms with E-state index in [9.17, 15) is 8.42 Å². The Labute approximate surface area is 141 Å². The van der Waals surface area contributed by atoms with E-state index in [0.29, 0.717) is 18.1 Å². The van der Waals surface area contributed by atoms with Gasteiger partial charge in [0.1, 0.15) is 5.69 Å². The maximum absolute atomic E-state index is 12.8. The molecule has 0 aliphatic carbocycles. The van der Waals surface area contributed by atoms with Gasteiger partial charge in [-0.3, -0.25) is 9.55 Å². The molecule has 0 fully saturated rings. The lowest BCUT2D eigenvalue weighted by Crippen LogP contribution is -2.13. The Balaban J connectivity index is 1.99. The maximum Gasteiger partial charge on any atom is 0.250 e. The van der Waals surface area contributed by atoms with Crippen LogP contribution < -0.4 is 0 Å². The number of hydrogen-bond donors (Lipinski definition) is 0. The van der Waals surface area contributed by atoms with Crippen LogP contribution in [-0.2, 0) is 22.1 Å². The van der Waals surface area contributed by atoms with Gasteiger partial charge in [0.25, 0.3) is 0 Å². The second kappa shape index (κ2) is 6.52. The van der Waals surface area contributed by atoms with E-state index >= 15 is 0 Å². The quantitative estimate of drug-likeness (QED) is 0.712. The zero-order chi connectivity index (χ0) is 17.2. The average molecular weight is 342 g/mol. The summed E-state index contributed by atoms with van der Waals surface area (Å²) in [7, 11) is -3.59. The second-order valence-corrected chi connectivity index (χ2v) is 7.39. The van der Waals surface area contributed by atoms with Gasteiger partial charge in [0.05, 0.1) is 5.75 Å². The lowest BCUT2D eigenvalue weighted by molar-refractivity contribution is 0.568. The molecule has 0 aliphatic rings. The molecule has 0 amide bonds. The third kappa shape index (κ3) is 3.21. The molecule has 1 aromatic carbocycles. The smallest absolute Gasteiger partial charge is 0.250 e. The first kappa shape index (κ1) is 16.3. The average Bonchev–Trinajstić information content (AvgIpc) is 3.02. The number of sulfone groups is 1. The molecule has 0 aliphatic heterocycles. The van der Waals surface area contributed by atoms with E-state index in [1.54, 1.807) is 22.9 Å². The van der Waals surface area contributed by atoms with Crippen LogP contribution in [0.25, 0.3) is 11.5 Å². The van der Waals surface area contributed by atoms with Crippen molar-refractivity contribution in [3.63, 3.8) is 0 Å². The molecule has 3 aromatic rings. The summed E-state index contributed by atoms with van der Waals surface area (Å²) in [5, 5.41) is 7.96. The molecule has 3 rings (SSSR count). The summed E-state index contributed by atoms with van der Waals surface area (Å²) in [6.45, 7) is 4.27. The Kier molecular flexibility index (Phi) is 4.44. The van der Waals surface area contributed by atoms with Crippen LogP contribution in [0.2, 0.25) is 0 Å². The van der Waals surface area contributed by atoms with Crippen LogP contribution in [0.5, 0.6) is 0 Å². The Morgan fingerprint density at radius 1 is 1.04 bits per heavy atom. The van der Waals surface area contributed by atoms with Crippen LogP contribution in [0.3, 0.4) is 0 Å². The van der Waals surface area contributed by atoms with Gasteiger partial charge in [-0.1, -0.05) is 35.9 Å². The first-order chi connectivity index (χ1) is 11.5. The van der Waals surface area contributed by atoms with E-state index in [-0.39, 0.29) is 10.9 Å². The molecule has 0 spiro atoms. The molecule has 7 heteroatoms. The van der Waals surface area contributed by atoms with E-state index in [4.69, 9.17) is 0 Å². The number of benzene rings is 1. The molecule has 0 atom stereocenters. The van der Waals surface area contributed by atoms with Crippen molar-refractivity contribution >= 4 is 9.84 Å². The number of aryl methyl sites for hydroxylation is 1. The first-order valence-corrected chi connectivity index (χ1v) is 9.29. The number of pyridine rings is 1. The predicted molar refractivity (Wildman–Crippen MR) is 91.0 cm³/mol. The molecule has 0 N–H and O–H groups in total. The van der Waals surface area contributed by atoms with Gasteiger partial charge in [0, 0.05) is 12.7 Å². The zero-order valence-corrected chi connectivity index (χ0v) is 14.4. The molecular formula is C17H18N4O2S. The summed E-state index contributed by atoms with van der Waals surface area (Å²) in [6, 6.07) is 12.8. The van der Waals surface area contributed by atoms with Gasteiger partial charge >= 0.3 is 0 Å². The van der Waals surface area contributed by atoms with E-state index in [1.165, 1.54) is 0 Å². The van der Waals surface area contributed by atoms with Gasteiger partial charge in [-0.2, -0.15) is 0 Å². The highest BCUT2D eigenvalue weighted by molar-refractivity contribution is 7.90. The second-order valence-electron chi connectivity index (χ2n) is 5.51. The highest BCUT2D eigenvalue weighted by atomic mass is 32.2. The van der Waals surface area contributed by atoms with E-state index < -0.39 is 9.84 Å². The summed E-state index contributed by atoms with van der Waals surface area (Å²) < 4.78 is 27.1. The third-order valence-corrected chi connectivity index (χ3v) is 5.25. The fraction of sp³-hybridized carbons (Fsp3) is 0.235. The van der Waals surface area contributed by atoms with Gasteiger partial charge in [-0.25, -0.2) is 8.42 Å². The lowest BCUT2D eigenvalue weighted by Gasteiger charge is -2.08. The number of nitrogens with zero attached hydrogens (tertiary/aromatic N) is 4. The van der Waals surface area contributed by atoms with E-state index in [1.807, 2.05) is 44.2 Å². The van der Waals surface area contributed by atoms with Gasteiger partial charge in [-0.15, -0.1) is 10.2 Å². The molecule has 0 unspecified atom stereocenters. The number of rotatable bonds is 5. The van der Waals surface area contributed by atoms with Crippen LogP contribution in [0.15, 0.2) is 53.8 Å². The first-order valence-electron chi connectivity index (χ1n) is 7.64. The zero-order valence-electron chi connectivity index (χ0n) is 13.5. The van der Waals surface area contributed by atoms with Crippen molar-refractivity contribution in [2.45, 2.75) is 31.3 Å². The van der Waals surface area contributed by atoms with Gasteiger partial charge in [-0.05, 0) is 31.5 Å². The molecule has 2 heterocycles. The number of hydrogen-bond acceptors (Lipinski definition) is 5. The minimum absolute atomic E-state index is 0.0220. The lowest BCUT2D eigenvalue weighted by atomic mass is 10.2. The molecule has 0 saturated heterocycles. The Bertz CT molecular complexity index is 932. The monoisotopic (exact) mass is 342 g/mol. The van der Waals surface area contributed by atoms with E-state index in [0.717, 1.165) is 11.1 Å².